The first-order valence-corrected chi connectivity index (χ1v) is 5.42. The van der Waals surface area contributed by atoms with Crippen molar-refractivity contribution in [3.63, 3.8) is 0 Å². The van der Waals surface area contributed by atoms with Gasteiger partial charge in [-0.2, -0.15) is 18.2 Å². The third-order valence-corrected chi connectivity index (χ3v) is 2.60. The van der Waals surface area contributed by atoms with Gasteiger partial charge in [0.2, 0.25) is 0 Å². The largest absolute Gasteiger partial charge is 0.455 e. The number of nitrogens with two attached hydrogens (primary N) is 1. The van der Waals surface area contributed by atoms with Crippen molar-refractivity contribution in [2.75, 3.05) is 5.73 Å². The quantitative estimate of drug-likeness (QED) is 0.631. The Kier molecular flexibility index (Phi) is 2.98. The maximum atomic E-state index is 12.3. The lowest BCUT2D eigenvalue weighted by molar-refractivity contribution is -0.146. The lowest BCUT2D eigenvalue weighted by Gasteiger charge is -2.00. The summed E-state index contributed by atoms with van der Waals surface area (Å²) >= 11 is 2.00. The molecule has 0 amide bonds. The molecule has 2 rings (SSSR count). The van der Waals surface area contributed by atoms with E-state index in [0.29, 0.717) is 5.56 Å². The number of hydrogen-bond acceptors (Lipinski definition) is 4. The Morgan fingerprint density at radius 2 is 2.00 bits per heavy atom. The monoisotopic (exact) mass is 355 g/mol. The number of benzene rings is 1. The van der Waals surface area contributed by atoms with Gasteiger partial charge in [0.05, 0.1) is 5.56 Å². The van der Waals surface area contributed by atoms with Crippen LogP contribution in [0.4, 0.5) is 18.9 Å². The number of alkyl halides is 3. The maximum absolute atomic E-state index is 12.3. The lowest BCUT2D eigenvalue weighted by Crippen LogP contribution is -2.07. The van der Waals surface area contributed by atoms with E-state index < -0.39 is 12.0 Å². The SMILES string of the molecule is Nc1ccc(I)cc1-c1nc(C(F)(F)F)no1. The Labute approximate surface area is 107 Å². The van der Waals surface area contributed by atoms with Crippen LogP contribution in [0.15, 0.2) is 22.7 Å². The molecule has 2 aromatic rings. The topological polar surface area (TPSA) is 64.9 Å². The van der Waals surface area contributed by atoms with Crippen molar-refractivity contribution >= 4 is 28.3 Å². The summed E-state index contributed by atoms with van der Waals surface area (Å²) in [5, 5.41) is 2.87. The highest BCUT2D eigenvalue weighted by molar-refractivity contribution is 14.1. The molecule has 17 heavy (non-hydrogen) atoms. The molecule has 1 aromatic carbocycles. The minimum absolute atomic E-state index is 0.242. The maximum Gasteiger partial charge on any atom is 0.455 e. The van der Waals surface area contributed by atoms with Crippen LogP contribution in [0.3, 0.4) is 0 Å². The Morgan fingerprint density at radius 3 is 2.59 bits per heavy atom. The highest BCUT2D eigenvalue weighted by Gasteiger charge is 2.37. The summed E-state index contributed by atoms with van der Waals surface area (Å²) in [7, 11) is 0. The minimum atomic E-state index is -4.63. The highest BCUT2D eigenvalue weighted by Crippen LogP contribution is 2.31. The van der Waals surface area contributed by atoms with E-state index in [1.807, 2.05) is 22.6 Å². The van der Waals surface area contributed by atoms with E-state index in [1.165, 1.54) is 0 Å². The van der Waals surface area contributed by atoms with Crippen LogP contribution in [-0.2, 0) is 6.18 Å². The molecule has 8 heteroatoms. The van der Waals surface area contributed by atoms with Crippen LogP contribution in [0.5, 0.6) is 0 Å². The second-order valence-electron chi connectivity index (χ2n) is 3.15. The third kappa shape index (κ3) is 2.51. The molecule has 0 radical (unpaired) electrons. The third-order valence-electron chi connectivity index (χ3n) is 1.93. The molecule has 0 aliphatic carbocycles. The Bertz CT molecular complexity index is 553. The molecule has 4 nitrogen and oxygen atoms in total. The van der Waals surface area contributed by atoms with E-state index >= 15 is 0 Å². The number of rotatable bonds is 1. The molecule has 0 unspecified atom stereocenters. The van der Waals surface area contributed by atoms with E-state index in [-0.39, 0.29) is 11.6 Å². The minimum Gasteiger partial charge on any atom is -0.398 e. The predicted molar refractivity (Wildman–Crippen MR) is 61.9 cm³/mol. The number of anilines is 1. The first-order valence-electron chi connectivity index (χ1n) is 4.34. The van der Waals surface area contributed by atoms with E-state index in [0.717, 1.165) is 3.57 Å². The average Bonchev–Trinajstić information content (AvgIpc) is 2.70. The highest BCUT2D eigenvalue weighted by atomic mass is 127. The Hall–Kier alpha value is -1.32. The molecule has 90 valence electrons. The molecule has 2 N–H and O–H groups in total. The standard InChI is InChI=1S/C9H5F3IN3O/c10-9(11,12)8-15-7(17-16-8)5-3-4(13)1-2-6(5)14/h1-3H,14H2. The molecule has 0 fully saturated rings. The molecule has 0 aliphatic heterocycles. The molecule has 0 bridgehead atoms. The fraction of sp³-hybridized carbons (Fsp3) is 0.111. The molecule has 1 heterocycles. The van der Waals surface area contributed by atoms with Crippen molar-refractivity contribution in [2.24, 2.45) is 0 Å². The second kappa shape index (κ2) is 4.17. The van der Waals surface area contributed by atoms with E-state index in [9.17, 15) is 13.2 Å². The van der Waals surface area contributed by atoms with Gasteiger partial charge >= 0.3 is 6.18 Å². The lowest BCUT2D eigenvalue weighted by atomic mass is 10.2. The van der Waals surface area contributed by atoms with Gasteiger partial charge in [-0.25, -0.2) is 0 Å². The van der Waals surface area contributed by atoms with Crippen molar-refractivity contribution in [1.82, 2.24) is 10.1 Å². The first kappa shape index (κ1) is 12.1. The zero-order chi connectivity index (χ0) is 12.6. The average molecular weight is 355 g/mol. The summed E-state index contributed by atoms with van der Waals surface area (Å²) in [4.78, 5) is 3.27. The van der Waals surface area contributed by atoms with Gasteiger partial charge < -0.3 is 10.3 Å². The van der Waals surface area contributed by atoms with Crippen LogP contribution in [0.1, 0.15) is 5.82 Å². The number of hydrogen-bond donors (Lipinski definition) is 1. The summed E-state index contributed by atoms with van der Waals surface area (Å²) < 4.78 is 42.2. The zero-order valence-electron chi connectivity index (χ0n) is 8.12. The van der Waals surface area contributed by atoms with E-state index in [2.05, 4.69) is 14.7 Å². The van der Waals surface area contributed by atoms with Crippen LogP contribution >= 0.6 is 22.6 Å². The van der Waals surface area contributed by atoms with Gasteiger partial charge in [-0.1, -0.05) is 5.16 Å². The second-order valence-corrected chi connectivity index (χ2v) is 4.40. The van der Waals surface area contributed by atoms with Crippen molar-refractivity contribution in [1.29, 1.82) is 0 Å². The van der Waals surface area contributed by atoms with Crippen LogP contribution in [0.25, 0.3) is 11.5 Å². The molecule has 0 saturated heterocycles. The van der Waals surface area contributed by atoms with Gasteiger partial charge in [0, 0.05) is 9.26 Å². The van der Waals surface area contributed by atoms with Crippen LogP contribution in [0.2, 0.25) is 0 Å². The summed E-state index contributed by atoms with van der Waals surface area (Å²) in [6.45, 7) is 0. The van der Waals surface area contributed by atoms with Crippen LogP contribution in [0, 0.1) is 3.57 Å². The summed E-state index contributed by atoms with van der Waals surface area (Å²) in [5.74, 6) is -1.56. The Balaban J connectivity index is 2.47. The molecule has 1 aromatic heterocycles. The molecule has 0 atom stereocenters. The van der Waals surface area contributed by atoms with E-state index in [1.54, 1.807) is 18.2 Å². The molecular weight excluding hydrogens is 350 g/mol. The van der Waals surface area contributed by atoms with Gasteiger partial charge in [-0.3, -0.25) is 0 Å². The van der Waals surface area contributed by atoms with Gasteiger partial charge in [0.15, 0.2) is 0 Å². The zero-order valence-corrected chi connectivity index (χ0v) is 10.3. The van der Waals surface area contributed by atoms with Crippen molar-refractivity contribution in [3.05, 3.63) is 27.6 Å². The fourth-order valence-corrected chi connectivity index (χ4v) is 1.65. The van der Waals surface area contributed by atoms with Crippen molar-refractivity contribution in [2.45, 2.75) is 6.18 Å². The number of aromatic nitrogens is 2. The summed E-state index contributed by atoms with van der Waals surface area (Å²) in [5.41, 5.74) is 6.20. The van der Waals surface area contributed by atoms with E-state index in [4.69, 9.17) is 5.73 Å². The van der Waals surface area contributed by atoms with Gasteiger partial charge in [0.1, 0.15) is 0 Å². The number of nitrogen functional groups attached to an aromatic ring is 1. The molecule has 0 aliphatic rings. The van der Waals surface area contributed by atoms with Gasteiger partial charge in [0.25, 0.3) is 11.7 Å². The fourth-order valence-electron chi connectivity index (χ4n) is 1.16. The van der Waals surface area contributed by atoms with Crippen LogP contribution in [-0.4, -0.2) is 10.1 Å². The number of nitrogens with zero attached hydrogens (tertiary/aromatic N) is 2. The van der Waals surface area contributed by atoms with Gasteiger partial charge in [-0.15, -0.1) is 0 Å². The Morgan fingerprint density at radius 1 is 1.29 bits per heavy atom. The smallest absolute Gasteiger partial charge is 0.398 e. The summed E-state index contributed by atoms with van der Waals surface area (Å²) in [6, 6.07) is 4.86. The summed E-state index contributed by atoms with van der Waals surface area (Å²) in [6.07, 6.45) is -4.63. The molecule has 0 spiro atoms. The van der Waals surface area contributed by atoms with Crippen molar-refractivity contribution < 1.29 is 17.7 Å². The van der Waals surface area contributed by atoms with Gasteiger partial charge in [-0.05, 0) is 40.8 Å². The number of halogens is 4. The van der Waals surface area contributed by atoms with Crippen molar-refractivity contribution in [3.8, 4) is 11.5 Å². The predicted octanol–water partition coefficient (Wildman–Crippen LogP) is 2.94. The van der Waals surface area contributed by atoms with Crippen LogP contribution < -0.4 is 5.73 Å². The normalized spacial score (nSPS) is 11.8. The first-order chi connectivity index (χ1) is 7.88. The molecular formula is C9H5F3IN3O. The molecule has 0 saturated carbocycles.